The first-order valence-corrected chi connectivity index (χ1v) is 3.16. The lowest BCUT2D eigenvalue weighted by atomic mass is 10.4. The van der Waals surface area contributed by atoms with Gasteiger partial charge in [-0.15, -0.1) is 0 Å². The fraction of sp³-hybridized carbons (Fsp3) is 0.250. The van der Waals surface area contributed by atoms with Crippen molar-refractivity contribution in [2.75, 3.05) is 6.54 Å². The average Bonchev–Trinajstić information content (AvgIpc) is 2.17. The molecule has 0 spiro atoms. The Morgan fingerprint density at radius 2 is 2.56 bits per heavy atom. The summed E-state index contributed by atoms with van der Waals surface area (Å²) < 4.78 is 0. The summed E-state index contributed by atoms with van der Waals surface area (Å²) in [5.41, 5.74) is 0. The van der Waals surface area contributed by atoms with E-state index in [1.54, 1.807) is 11.9 Å². The smallest absolute Gasteiger partial charge is 0.290 e. The number of carboxylic acid groups (broad SMARTS) is 1. The maximum absolute atomic E-state index is 8.36. The molecule has 0 unspecified atom stereocenters. The van der Waals surface area contributed by atoms with Crippen molar-refractivity contribution in [1.29, 1.82) is 0 Å². The van der Waals surface area contributed by atoms with Gasteiger partial charge in [0.2, 0.25) is 0 Å². The lowest BCUT2D eigenvalue weighted by Gasteiger charge is -2.13. The number of nitrogens with one attached hydrogen (secondary N) is 1. The van der Waals surface area contributed by atoms with Gasteiger partial charge >= 0.3 is 0 Å². The van der Waals surface area contributed by atoms with Crippen molar-refractivity contribution in [3.63, 3.8) is 0 Å². The minimum Gasteiger partial charge on any atom is -0.483 e. The summed E-state index contributed by atoms with van der Waals surface area (Å²) in [5.74, 6) is 0. The average molecular weight is 146 g/mol. The van der Waals surface area contributed by atoms with Gasteiger partial charge in [0.05, 0.1) is 6.54 Å². The second kappa shape index (κ2) is 2.75. The molecule has 1 saturated heterocycles. The van der Waals surface area contributed by atoms with Gasteiger partial charge in [-0.25, -0.2) is 0 Å². The fourth-order valence-corrected chi connectivity index (χ4v) is 1.29. The highest BCUT2D eigenvalue weighted by Gasteiger charge is 2.23. The molecule has 9 heavy (non-hydrogen) atoms. The lowest BCUT2D eigenvalue weighted by molar-refractivity contribution is -0.122. The molecule has 3 rings (SSSR count). The van der Waals surface area contributed by atoms with E-state index in [1.165, 1.54) is 4.91 Å². The Labute approximate surface area is 56.6 Å². The second-order valence-corrected chi connectivity index (χ2v) is 2.43. The molecule has 0 aliphatic carbocycles. The van der Waals surface area contributed by atoms with Crippen molar-refractivity contribution in [2.24, 2.45) is 0 Å². The maximum Gasteiger partial charge on any atom is 0.290 e. The van der Waals surface area contributed by atoms with Gasteiger partial charge in [0.1, 0.15) is 0 Å². The largest absolute Gasteiger partial charge is 0.483 e. The van der Waals surface area contributed by atoms with Crippen LogP contribution in [0.2, 0.25) is 0 Å². The molecule has 0 amide bonds. The first kappa shape index (κ1) is 6.44. The maximum atomic E-state index is 8.36. The normalized spacial score (nSPS) is 19.1. The molecule has 3 aliphatic heterocycles. The lowest BCUT2D eigenvalue weighted by Crippen LogP contribution is -2.25. The van der Waals surface area contributed by atoms with Crippen LogP contribution in [0.15, 0.2) is 11.1 Å². The summed E-state index contributed by atoms with van der Waals surface area (Å²) >= 11 is 1.71. The topological polar surface area (TPSA) is 52.6 Å². The number of hydrogen-bond donors (Lipinski definition) is 2. The summed E-state index contributed by atoms with van der Waals surface area (Å²) in [5, 5.41) is 8.94. The summed E-state index contributed by atoms with van der Waals surface area (Å²) in [4.78, 5) is 12.9. The summed E-state index contributed by atoms with van der Waals surface area (Å²) in [6, 6.07) is 0. The second-order valence-electron chi connectivity index (χ2n) is 1.52. The zero-order valence-electron chi connectivity index (χ0n) is 4.57. The quantitative estimate of drug-likeness (QED) is 0.372. The molecule has 0 atom stereocenters. The van der Waals surface area contributed by atoms with Crippen molar-refractivity contribution in [1.82, 2.24) is 9.84 Å². The van der Waals surface area contributed by atoms with Crippen LogP contribution in [0, 0.1) is 0 Å². The SMILES string of the molecule is C1=C2CN1NS2.O=CO. The van der Waals surface area contributed by atoms with E-state index in [0.29, 0.717) is 0 Å². The molecule has 4 nitrogen and oxygen atoms in total. The Bertz CT molecular complexity index is 144. The van der Waals surface area contributed by atoms with Crippen molar-refractivity contribution >= 4 is 18.4 Å². The van der Waals surface area contributed by atoms with Crippen LogP contribution in [0.4, 0.5) is 0 Å². The van der Waals surface area contributed by atoms with Crippen LogP contribution in [-0.4, -0.2) is 23.1 Å². The number of hydrazine groups is 1. The van der Waals surface area contributed by atoms with Crippen LogP contribution < -0.4 is 4.83 Å². The predicted molar refractivity (Wildman–Crippen MR) is 34.2 cm³/mol. The number of hydrogen-bond acceptors (Lipinski definition) is 4. The van der Waals surface area contributed by atoms with E-state index in [4.69, 9.17) is 9.90 Å². The van der Waals surface area contributed by atoms with Gasteiger partial charge in [0.15, 0.2) is 0 Å². The molecule has 5 heteroatoms. The highest BCUT2D eigenvalue weighted by atomic mass is 32.2. The monoisotopic (exact) mass is 146 g/mol. The predicted octanol–water partition coefficient (Wildman–Crippen LogP) is 0.0106. The van der Waals surface area contributed by atoms with Gasteiger partial charge in [-0.1, -0.05) is 0 Å². The van der Waals surface area contributed by atoms with E-state index >= 15 is 0 Å². The molecular weight excluding hydrogens is 140 g/mol. The molecular formula is C4H6N2O2S. The minimum absolute atomic E-state index is 0.250. The minimum atomic E-state index is -0.250. The molecule has 0 aromatic heterocycles. The Morgan fingerprint density at radius 3 is 2.67 bits per heavy atom. The molecule has 3 aliphatic rings. The van der Waals surface area contributed by atoms with Gasteiger partial charge < -0.3 is 5.11 Å². The number of carbonyl (C=O) groups is 1. The van der Waals surface area contributed by atoms with Crippen molar-refractivity contribution in [3.05, 3.63) is 11.1 Å². The van der Waals surface area contributed by atoms with Gasteiger partial charge in [0.25, 0.3) is 6.47 Å². The Kier molecular flexibility index (Phi) is 1.96. The Morgan fingerprint density at radius 1 is 2.00 bits per heavy atom. The third kappa shape index (κ3) is 1.36. The molecule has 2 bridgehead atoms. The van der Waals surface area contributed by atoms with Crippen molar-refractivity contribution < 1.29 is 9.90 Å². The summed E-state index contributed by atoms with van der Waals surface area (Å²) in [6.07, 6.45) is 2.10. The van der Waals surface area contributed by atoms with E-state index < -0.39 is 0 Å². The number of rotatable bonds is 0. The molecule has 2 N–H and O–H groups in total. The molecule has 1 fully saturated rings. The first-order valence-electron chi connectivity index (χ1n) is 2.34. The van der Waals surface area contributed by atoms with Gasteiger partial charge in [-0.05, 0) is 11.9 Å². The Hall–Kier alpha value is -0.680. The van der Waals surface area contributed by atoms with Crippen LogP contribution in [0.1, 0.15) is 0 Å². The third-order valence-electron chi connectivity index (χ3n) is 0.920. The van der Waals surface area contributed by atoms with Gasteiger partial charge in [-0.2, -0.15) is 4.83 Å². The highest BCUT2D eigenvalue weighted by molar-refractivity contribution is 8.01. The molecule has 0 aromatic carbocycles. The van der Waals surface area contributed by atoms with E-state index in [-0.39, 0.29) is 6.47 Å². The van der Waals surface area contributed by atoms with E-state index in [1.807, 2.05) is 0 Å². The van der Waals surface area contributed by atoms with Crippen LogP contribution in [0.5, 0.6) is 0 Å². The van der Waals surface area contributed by atoms with Crippen molar-refractivity contribution in [3.8, 4) is 0 Å². The zero-order valence-corrected chi connectivity index (χ0v) is 5.39. The number of fused-ring (bicyclic) bond motifs is 1. The van der Waals surface area contributed by atoms with E-state index in [9.17, 15) is 0 Å². The first-order chi connectivity index (χ1) is 4.36. The number of nitrogens with zero attached hydrogens (tertiary/aromatic N) is 1. The molecule has 0 radical (unpaired) electrons. The van der Waals surface area contributed by atoms with E-state index in [0.717, 1.165) is 6.54 Å². The van der Waals surface area contributed by atoms with Gasteiger partial charge in [0, 0.05) is 11.1 Å². The van der Waals surface area contributed by atoms with E-state index in [2.05, 4.69) is 16.0 Å². The molecule has 0 saturated carbocycles. The zero-order chi connectivity index (χ0) is 6.69. The molecule has 3 heterocycles. The standard InChI is InChI=1S/C3H4N2S.CH2O2/c1-3-2-5(1)4-6-3;2-1-3/h1,4H,2H2;1H,(H,2,3). The van der Waals surface area contributed by atoms with Crippen molar-refractivity contribution in [2.45, 2.75) is 0 Å². The van der Waals surface area contributed by atoms with Crippen LogP contribution in [0.3, 0.4) is 0 Å². The summed E-state index contributed by atoms with van der Waals surface area (Å²) in [7, 11) is 0. The Balaban J connectivity index is 0.000000120. The highest BCUT2D eigenvalue weighted by Crippen LogP contribution is 2.29. The third-order valence-corrected chi connectivity index (χ3v) is 1.74. The summed E-state index contributed by atoms with van der Waals surface area (Å²) in [6.45, 7) is 0.880. The molecule has 0 aromatic rings. The van der Waals surface area contributed by atoms with Crippen LogP contribution in [0.25, 0.3) is 0 Å². The van der Waals surface area contributed by atoms with Crippen LogP contribution in [-0.2, 0) is 4.79 Å². The molecule has 50 valence electrons. The van der Waals surface area contributed by atoms with Gasteiger partial charge in [-0.3, -0.25) is 9.80 Å². The fourth-order valence-electron chi connectivity index (χ4n) is 0.550. The van der Waals surface area contributed by atoms with Crippen LogP contribution >= 0.6 is 11.9 Å².